The number of aryl methyl sites for hydroxylation is 1. The number of rotatable bonds is 1. The molecule has 16 heavy (non-hydrogen) atoms. The van der Waals surface area contributed by atoms with Crippen molar-refractivity contribution in [3.8, 4) is 0 Å². The third-order valence-corrected chi connectivity index (χ3v) is 3.24. The van der Waals surface area contributed by atoms with Gasteiger partial charge in [0.15, 0.2) is 0 Å². The van der Waals surface area contributed by atoms with Crippen LogP contribution in [0.3, 0.4) is 0 Å². The largest absolute Gasteiger partial charge is 0.378 e. The zero-order chi connectivity index (χ0) is 11.1. The lowest BCUT2D eigenvalue weighted by Crippen LogP contribution is -1.99. The molecule has 0 amide bonds. The van der Waals surface area contributed by atoms with Crippen molar-refractivity contribution in [3.63, 3.8) is 0 Å². The van der Waals surface area contributed by atoms with E-state index in [0.717, 1.165) is 29.9 Å². The predicted molar refractivity (Wildman–Crippen MR) is 63.6 cm³/mol. The standard InChI is InChI=1S/C13H16N2O/c1-8-3-4-11-12(5-8)15-13(14-11)10-6-9(2)16-7-10/h3-5,9-10H,6-7H2,1-2H3,(H,14,15). The average Bonchev–Trinajstić information content (AvgIpc) is 2.83. The maximum Gasteiger partial charge on any atom is 0.112 e. The van der Waals surface area contributed by atoms with E-state index in [1.54, 1.807) is 0 Å². The lowest BCUT2D eigenvalue weighted by molar-refractivity contribution is 0.123. The van der Waals surface area contributed by atoms with Gasteiger partial charge in [-0.15, -0.1) is 0 Å². The van der Waals surface area contributed by atoms with Crippen molar-refractivity contribution >= 4 is 11.0 Å². The molecule has 1 aliphatic heterocycles. The van der Waals surface area contributed by atoms with Crippen LogP contribution < -0.4 is 0 Å². The number of H-pyrrole nitrogens is 1. The molecule has 3 heteroatoms. The number of benzene rings is 1. The van der Waals surface area contributed by atoms with E-state index in [-0.39, 0.29) is 0 Å². The molecule has 1 aromatic carbocycles. The smallest absolute Gasteiger partial charge is 0.112 e. The van der Waals surface area contributed by atoms with Gasteiger partial charge in [-0.1, -0.05) is 6.07 Å². The SMILES string of the molecule is Cc1ccc2nc(C3COC(C)C3)[nH]c2c1. The first kappa shape index (κ1) is 9.85. The summed E-state index contributed by atoms with van der Waals surface area (Å²) in [5.41, 5.74) is 3.45. The molecule has 84 valence electrons. The molecule has 2 heterocycles. The molecule has 0 spiro atoms. The van der Waals surface area contributed by atoms with Crippen molar-refractivity contribution in [1.29, 1.82) is 0 Å². The van der Waals surface area contributed by atoms with Crippen LogP contribution in [-0.4, -0.2) is 22.7 Å². The molecule has 0 radical (unpaired) electrons. The summed E-state index contributed by atoms with van der Waals surface area (Å²) >= 11 is 0. The number of fused-ring (bicyclic) bond motifs is 1. The third-order valence-electron chi connectivity index (χ3n) is 3.24. The molecule has 1 aliphatic rings. The van der Waals surface area contributed by atoms with Gasteiger partial charge in [-0.05, 0) is 38.0 Å². The quantitative estimate of drug-likeness (QED) is 0.796. The lowest BCUT2D eigenvalue weighted by Gasteiger charge is -2.01. The highest BCUT2D eigenvalue weighted by Gasteiger charge is 2.25. The van der Waals surface area contributed by atoms with Crippen LogP contribution in [0, 0.1) is 6.92 Å². The third kappa shape index (κ3) is 1.61. The Morgan fingerprint density at radius 2 is 2.31 bits per heavy atom. The van der Waals surface area contributed by atoms with Crippen LogP contribution in [0.2, 0.25) is 0 Å². The number of ether oxygens (including phenoxy) is 1. The molecule has 2 aromatic rings. The minimum absolute atomic E-state index is 0.361. The predicted octanol–water partition coefficient (Wildman–Crippen LogP) is 2.76. The molecule has 1 saturated heterocycles. The van der Waals surface area contributed by atoms with Crippen molar-refractivity contribution in [1.82, 2.24) is 9.97 Å². The van der Waals surface area contributed by atoms with E-state index in [9.17, 15) is 0 Å². The summed E-state index contributed by atoms with van der Waals surface area (Å²) in [5.74, 6) is 1.51. The highest BCUT2D eigenvalue weighted by molar-refractivity contribution is 5.75. The van der Waals surface area contributed by atoms with Gasteiger partial charge in [0.25, 0.3) is 0 Å². The Bertz CT molecular complexity index is 518. The van der Waals surface area contributed by atoms with Gasteiger partial charge in [0, 0.05) is 5.92 Å². The summed E-state index contributed by atoms with van der Waals surface area (Å²) < 4.78 is 5.58. The fraction of sp³-hybridized carbons (Fsp3) is 0.462. The Kier molecular flexibility index (Phi) is 2.21. The minimum atomic E-state index is 0.361. The number of aromatic nitrogens is 2. The number of imidazole rings is 1. The van der Waals surface area contributed by atoms with Gasteiger partial charge in [-0.25, -0.2) is 4.98 Å². The Morgan fingerprint density at radius 3 is 3.06 bits per heavy atom. The van der Waals surface area contributed by atoms with E-state index in [4.69, 9.17) is 4.74 Å². The molecule has 2 unspecified atom stereocenters. The van der Waals surface area contributed by atoms with Crippen molar-refractivity contribution in [2.45, 2.75) is 32.3 Å². The summed E-state index contributed by atoms with van der Waals surface area (Å²) in [4.78, 5) is 8.04. The van der Waals surface area contributed by atoms with E-state index in [1.165, 1.54) is 5.56 Å². The Labute approximate surface area is 94.8 Å². The van der Waals surface area contributed by atoms with Gasteiger partial charge in [-0.3, -0.25) is 0 Å². The maximum absolute atomic E-state index is 5.58. The summed E-state index contributed by atoms with van der Waals surface area (Å²) in [6.45, 7) is 5.01. The van der Waals surface area contributed by atoms with Gasteiger partial charge in [0.05, 0.1) is 23.7 Å². The second kappa shape index (κ2) is 3.59. The molecule has 0 bridgehead atoms. The van der Waals surface area contributed by atoms with Crippen molar-refractivity contribution in [3.05, 3.63) is 29.6 Å². The van der Waals surface area contributed by atoms with E-state index in [1.807, 2.05) is 0 Å². The number of hydrogen-bond acceptors (Lipinski definition) is 2. The zero-order valence-corrected chi connectivity index (χ0v) is 9.66. The fourth-order valence-corrected chi connectivity index (χ4v) is 2.34. The van der Waals surface area contributed by atoms with Gasteiger partial charge < -0.3 is 9.72 Å². The highest BCUT2D eigenvalue weighted by atomic mass is 16.5. The second-order valence-corrected chi connectivity index (χ2v) is 4.72. The normalized spacial score (nSPS) is 25.4. The first-order valence-electron chi connectivity index (χ1n) is 5.80. The van der Waals surface area contributed by atoms with Gasteiger partial charge in [-0.2, -0.15) is 0 Å². The molecule has 0 aliphatic carbocycles. The summed E-state index contributed by atoms with van der Waals surface area (Å²) in [5, 5.41) is 0. The molecule has 3 rings (SSSR count). The van der Waals surface area contributed by atoms with E-state index in [0.29, 0.717) is 12.0 Å². The number of nitrogens with zero attached hydrogens (tertiary/aromatic N) is 1. The summed E-state index contributed by atoms with van der Waals surface area (Å²) in [7, 11) is 0. The molecular weight excluding hydrogens is 200 g/mol. The van der Waals surface area contributed by atoms with Crippen molar-refractivity contribution < 1.29 is 4.74 Å². The summed E-state index contributed by atoms with van der Waals surface area (Å²) in [6, 6.07) is 6.32. The molecule has 1 fully saturated rings. The monoisotopic (exact) mass is 216 g/mol. The Morgan fingerprint density at radius 1 is 1.44 bits per heavy atom. The van der Waals surface area contributed by atoms with E-state index in [2.05, 4.69) is 42.0 Å². The van der Waals surface area contributed by atoms with Crippen LogP contribution in [0.4, 0.5) is 0 Å². The van der Waals surface area contributed by atoms with Gasteiger partial charge in [0.2, 0.25) is 0 Å². The minimum Gasteiger partial charge on any atom is -0.378 e. The van der Waals surface area contributed by atoms with E-state index < -0.39 is 0 Å². The van der Waals surface area contributed by atoms with Crippen LogP contribution in [0.25, 0.3) is 11.0 Å². The summed E-state index contributed by atoms with van der Waals surface area (Å²) in [6.07, 6.45) is 1.43. The van der Waals surface area contributed by atoms with Crippen LogP contribution in [0.15, 0.2) is 18.2 Å². The molecule has 1 N–H and O–H groups in total. The lowest BCUT2D eigenvalue weighted by atomic mass is 10.1. The molecule has 0 saturated carbocycles. The first-order valence-corrected chi connectivity index (χ1v) is 5.80. The molecule has 1 aromatic heterocycles. The number of nitrogens with one attached hydrogen (secondary N) is 1. The Hall–Kier alpha value is -1.35. The van der Waals surface area contributed by atoms with Crippen molar-refractivity contribution in [2.24, 2.45) is 0 Å². The van der Waals surface area contributed by atoms with E-state index >= 15 is 0 Å². The van der Waals surface area contributed by atoms with Gasteiger partial charge in [0.1, 0.15) is 5.82 Å². The zero-order valence-electron chi connectivity index (χ0n) is 9.66. The topological polar surface area (TPSA) is 37.9 Å². The highest BCUT2D eigenvalue weighted by Crippen LogP contribution is 2.28. The molecule has 3 nitrogen and oxygen atoms in total. The van der Waals surface area contributed by atoms with Crippen LogP contribution in [0.5, 0.6) is 0 Å². The molecule has 2 atom stereocenters. The Balaban J connectivity index is 1.99. The van der Waals surface area contributed by atoms with Crippen LogP contribution in [0.1, 0.15) is 30.7 Å². The fourth-order valence-electron chi connectivity index (χ4n) is 2.34. The molecular formula is C13H16N2O. The second-order valence-electron chi connectivity index (χ2n) is 4.72. The number of hydrogen-bond donors (Lipinski definition) is 1. The first-order chi connectivity index (χ1) is 7.72. The van der Waals surface area contributed by atoms with Crippen LogP contribution >= 0.6 is 0 Å². The van der Waals surface area contributed by atoms with Crippen molar-refractivity contribution in [2.75, 3.05) is 6.61 Å². The average molecular weight is 216 g/mol. The number of aromatic amines is 1. The van der Waals surface area contributed by atoms with Gasteiger partial charge >= 0.3 is 0 Å². The maximum atomic E-state index is 5.58. The van der Waals surface area contributed by atoms with Crippen LogP contribution in [-0.2, 0) is 4.74 Å².